The van der Waals surface area contributed by atoms with E-state index in [9.17, 15) is 9.59 Å². The second-order valence-corrected chi connectivity index (χ2v) is 6.71. The van der Waals surface area contributed by atoms with Crippen molar-refractivity contribution in [3.63, 3.8) is 0 Å². The van der Waals surface area contributed by atoms with Crippen LogP contribution < -0.4 is 9.47 Å². The molecule has 7 nitrogen and oxygen atoms in total. The third kappa shape index (κ3) is 4.56. The molecular weight excluding hydrogens is 398 g/mol. The van der Waals surface area contributed by atoms with E-state index in [1.807, 2.05) is 38.1 Å². The van der Waals surface area contributed by atoms with E-state index in [1.54, 1.807) is 30.3 Å². The highest BCUT2D eigenvalue weighted by atomic mass is 16.6. The second-order valence-electron chi connectivity index (χ2n) is 6.71. The normalized spacial score (nSPS) is 14.3. The summed E-state index contributed by atoms with van der Waals surface area (Å²) in [7, 11) is 0. The number of carbonyl (C=O) groups excluding carboxylic acids is 2. The molecule has 156 valence electrons. The number of hydrogen-bond donors (Lipinski definition) is 0. The number of nitrogens with zero attached hydrogens (tertiary/aromatic N) is 1. The van der Waals surface area contributed by atoms with Gasteiger partial charge < -0.3 is 18.6 Å². The number of rotatable bonds is 6. The van der Waals surface area contributed by atoms with Gasteiger partial charge in [0.1, 0.15) is 0 Å². The Balaban J connectivity index is 1.60. The maximum Gasteiger partial charge on any atom is 0.379 e. The van der Waals surface area contributed by atoms with Gasteiger partial charge in [0, 0.05) is 5.56 Å². The summed E-state index contributed by atoms with van der Waals surface area (Å²) in [6, 6.07) is 15.6. The number of esters is 2. The third-order valence-corrected chi connectivity index (χ3v) is 4.38. The van der Waals surface area contributed by atoms with Crippen LogP contribution in [-0.2, 0) is 9.53 Å². The molecule has 0 fully saturated rings. The van der Waals surface area contributed by atoms with Crippen LogP contribution in [0.1, 0.15) is 34.2 Å². The summed E-state index contributed by atoms with van der Waals surface area (Å²) in [6.45, 7) is 4.13. The fraction of sp³-hybridized carbons (Fsp3) is 0.125. The average molecular weight is 417 g/mol. The predicted octanol–water partition coefficient (Wildman–Crippen LogP) is 4.55. The van der Waals surface area contributed by atoms with Gasteiger partial charge in [-0.2, -0.15) is 0 Å². The number of carbonyl (C=O) groups is 2. The topological polar surface area (TPSA) is 87.3 Å². The Bertz CT molecular complexity index is 1190. The van der Waals surface area contributed by atoms with Gasteiger partial charge in [-0.05, 0) is 61.9 Å². The number of benzene rings is 2. The van der Waals surface area contributed by atoms with Crippen molar-refractivity contribution < 1.29 is 28.2 Å². The van der Waals surface area contributed by atoms with Crippen molar-refractivity contribution in [2.75, 3.05) is 6.61 Å². The van der Waals surface area contributed by atoms with Gasteiger partial charge in [0.25, 0.3) is 0 Å². The van der Waals surface area contributed by atoms with Crippen LogP contribution in [0.25, 0.3) is 6.08 Å². The van der Waals surface area contributed by atoms with Gasteiger partial charge in [-0.1, -0.05) is 23.8 Å². The minimum absolute atomic E-state index is 0.0837. The van der Waals surface area contributed by atoms with Crippen molar-refractivity contribution in [2.24, 2.45) is 4.99 Å². The number of cyclic esters (lactones) is 1. The van der Waals surface area contributed by atoms with E-state index in [0.29, 0.717) is 17.9 Å². The van der Waals surface area contributed by atoms with Crippen LogP contribution >= 0.6 is 0 Å². The molecular formula is C24H19NO6. The van der Waals surface area contributed by atoms with Gasteiger partial charge in [-0.15, -0.1) is 0 Å². The largest absolute Gasteiger partial charge is 0.490 e. The van der Waals surface area contributed by atoms with Crippen LogP contribution in [0.3, 0.4) is 0 Å². The van der Waals surface area contributed by atoms with Gasteiger partial charge >= 0.3 is 11.9 Å². The summed E-state index contributed by atoms with van der Waals surface area (Å²) < 4.78 is 21.3. The molecule has 0 unspecified atom stereocenters. The van der Waals surface area contributed by atoms with Crippen LogP contribution in [0.2, 0.25) is 0 Å². The van der Waals surface area contributed by atoms with Crippen molar-refractivity contribution in [2.45, 2.75) is 13.8 Å². The standard InChI is InChI=1S/C24H19NO6/c1-3-28-21-14-16(9-10-19(21)30-24(27)20-8-5-11-29-20)13-18-23(26)31-22(25-18)17-7-4-6-15(2)12-17/h4-14H,3H2,1-2H3/b18-13+. The highest BCUT2D eigenvalue weighted by molar-refractivity contribution is 6.12. The first-order valence-corrected chi connectivity index (χ1v) is 9.65. The van der Waals surface area contributed by atoms with Crippen molar-refractivity contribution >= 4 is 23.9 Å². The van der Waals surface area contributed by atoms with Gasteiger partial charge in [0.15, 0.2) is 17.2 Å². The summed E-state index contributed by atoms with van der Waals surface area (Å²) in [5.41, 5.74) is 2.57. The molecule has 1 aromatic heterocycles. The zero-order valence-electron chi connectivity index (χ0n) is 17.0. The predicted molar refractivity (Wildman–Crippen MR) is 113 cm³/mol. The Morgan fingerprint density at radius 3 is 2.71 bits per heavy atom. The highest BCUT2D eigenvalue weighted by Gasteiger charge is 2.24. The second kappa shape index (κ2) is 8.71. The fourth-order valence-electron chi connectivity index (χ4n) is 2.98. The number of aryl methyl sites for hydroxylation is 1. The van der Waals surface area contributed by atoms with Gasteiger partial charge in [0.05, 0.1) is 12.9 Å². The quantitative estimate of drug-likeness (QED) is 0.332. The summed E-state index contributed by atoms with van der Waals surface area (Å²) in [6.07, 6.45) is 2.98. The molecule has 0 radical (unpaired) electrons. The summed E-state index contributed by atoms with van der Waals surface area (Å²) >= 11 is 0. The number of hydrogen-bond acceptors (Lipinski definition) is 7. The first-order valence-electron chi connectivity index (χ1n) is 9.65. The minimum Gasteiger partial charge on any atom is -0.490 e. The van der Waals surface area contributed by atoms with Crippen molar-refractivity contribution in [3.05, 3.63) is 89.0 Å². The molecule has 0 saturated carbocycles. The van der Waals surface area contributed by atoms with Gasteiger partial charge in [0.2, 0.25) is 11.7 Å². The molecule has 4 rings (SSSR count). The molecule has 7 heteroatoms. The lowest BCUT2D eigenvalue weighted by atomic mass is 10.1. The van der Waals surface area contributed by atoms with E-state index >= 15 is 0 Å². The van der Waals surface area contributed by atoms with Gasteiger partial charge in [-0.25, -0.2) is 14.6 Å². The smallest absolute Gasteiger partial charge is 0.379 e. The van der Waals surface area contributed by atoms with Crippen LogP contribution in [0.5, 0.6) is 11.5 Å². The number of aliphatic imine (C=N–C) groups is 1. The average Bonchev–Trinajstić information content (AvgIpc) is 3.41. The van der Waals surface area contributed by atoms with E-state index in [-0.39, 0.29) is 23.1 Å². The van der Waals surface area contributed by atoms with Crippen molar-refractivity contribution in [3.8, 4) is 11.5 Å². The van der Waals surface area contributed by atoms with E-state index in [2.05, 4.69) is 4.99 Å². The lowest BCUT2D eigenvalue weighted by Gasteiger charge is -2.10. The molecule has 0 atom stereocenters. The van der Waals surface area contributed by atoms with Crippen LogP contribution in [0, 0.1) is 6.92 Å². The van der Waals surface area contributed by atoms with Crippen molar-refractivity contribution in [1.29, 1.82) is 0 Å². The Labute approximate surface area is 178 Å². The SMILES string of the molecule is CCOc1cc(/C=C2/N=C(c3cccc(C)c3)OC2=O)ccc1OC(=O)c1ccco1. The maximum atomic E-state index is 12.3. The highest BCUT2D eigenvalue weighted by Crippen LogP contribution is 2.31. The van der Waals surface area contributed by atoms with Crippen molar-refractivity contribution in [1.82, 2.24) is 0 Å². The third-order valence-electron chi connectivity index (χ3n) is 4.38. The lowest BCUT2D eigenvalue weighted by Crippen LogP contribution is -2.08. The molecule has 2 heterocycles. The number of ether oxygens (including phenoxy) is 3. The molecule has 2 aromatic carbocycles. The lowest BCUT2D eigenvalue weighted by molar-refractivity contribution is -0.129. The first kappa shape index (κ1) is 20.2. The molecule has 0 amide bonds. The first-order chi connectivity index (χ1) is 15.0. The van der Waals surface area contributed by atoms with E-state index in [1.165, 1.54) is 12.3 Å². The fourth-order valence-corrected chi connectivity index (χ4v) is 2.98. The molecule has 0 N–H and O–H groups in total. The molecule has 1 aliphatic rings. The summed E-state index contributed by atoms with van der Waals surface area (Å²) in [5, 5.41) is 0. The maximum absolute atomic E-state index is 12.3. The summed E-state index contributed by atoms with van der Waals surface area (Å²) in [5.74, 6) is -0.240. The Morgan fingerprint density at radius 1 is 1.10 bits per heavy atom. The Hall–Kier alpha value is -4.13. The molecule has 0 aliphatic carbocycles. The van der Waals surface area contributed by atoms with E-state index < -0.39 is 11.9 Å². The van der Waals surface area contributed by atoms with E-state index in [4.69, 9.17) is 18.6 Å². The zero-order chi connectivity index (χ0) is 21.8. The Kier molecular flexibility index (Phi) is 5.66. The van der Waals surface area contributed by atoms with Crippen LogP contribution in [-0.4, -0.2) is 24.4 Å². The molecule has 0 saturated heterocycles. The molecule has 0 spiro atoms. The van der Waals surface area contributed by atoms with E-state index in [0.717, 1.165) is 11.1 Å². The van der Waals surface area contributed by atoms with Gasteiger partial charge in [-0.3, -0.25) is 0 Å². The number of furan rings is 1. The molecule has 0 bridgehead atoms. The molecule has 3 aromatic rings. The Morgan fingerprint density at radius 2 is 1.97 bits per heavy atom. The summed E-state index contributed by atoms with van der Waals surface area (Å²) in [4.78, 5) is 28.8. The monoisotopic (exact) mass is 417 g/mol. The molecule has 31 heavy (non-hydrogen) atoms. The zero-order valence-corrected chi connectivity index (χ0v) is 17.0. The van der Waals surface area contributed by atoms with Crippen LogP contribution in [0.15, 0.2) is 76.0 Å². The minimum atomic E-state index is -0.635. The van der Waals surface area contributed by atoms with Crippen LogP contribution in [0.4, 0.5) is 0 Å². The molecule has 1 aliphatic heterocycles.